The van der Waals surface area contributed by atoms with Crippen molar-refractivity contribution in [3.63, 3.8) is 0 Å². The first-order chi connectivity index (χ1) is 13.0. The zero-order valence-electron chi connectivity index (χ0n) is 14.0. The van der Waals surface area contributed by atoms with Gasteiger partial charge in [-0.3, -0.25) is 14.3 Å². The van der Waals surface area contributed by atoms with E-state index >= 15 is 0 Å². The lowest BCUT2D eigenvalue weighted by molar-refractivity contribution is 0.0926. The standard InChI is InChI=1S/C20H14N2O4S/c23-19-17-8-4-5-9-18(17)20(24)22(19)15-12-10-14(11-13-15)21-27(25,26)16-6-2-1-3-7-16/h1-13,21H. The van der Waals surface area contributed by atoms with Gasteiger partial charge >= 0.3 is 0 Å². The first-order valence-electron chi connectivity index (χ1n) is 8.13. The average molecular weight is 378 g/mol. The molecule has 0 radical (unpaired) electrons. The average Bonchev–Trinajstić information content (AvgIpc) is 2.94. The first-order valence-corrected chi connectivity index (χ1v) is 9.61. The van der Waals surface area contributed by atoms with E-state index in [0.29, 0.717) is 22.5 Å². The Morgan fingerprint density at radius 3 is 1.74 bits per heavy atom. The number of sulfonamides is 1. The van der Waals surface area contributed by atoms with Gasteiger partial charge < -0.3 is 0 Å². The quantitative estimate of drug-likeness (QED) is 0.706. The van der Waals surface area contributed by atoms with Crippen LogP contribution >= 0.6 is 0 Å². The van der Waals surface area contributed by atoms with Crippen molar-refractivity contribution in [2.75, 3.05) is 9.62 Å². The van der Waals surface area contributed by atoms with E-state index in [1.54, 1.807) is 42.5 Å². The molecule has 4 rings (SSSR count). The van der Waals surface area contributed by atoms with Gasteiger partial charge in [0.25, 0.3) is 21.8 Å². The predicted molar refractivity (Wildman–Crippen MR) is 101 cm³/mol. The molecule has 27 heavy (non-hydrogen) atoms. The van der Waals surface area contributed by atoms with Crippen LogP contribution in [-0.4, -0.2) is 20.2 Å². The van der Waals surface area contributed by atoms with E-state index in [1.807, 2.05) is 0 Å². The number of carbonyl (C=O) groups excluding carboxylic acids is 2. The highest BCUT2D eigenvalue weighted by Crippen LogP contribution is 2.29. The minimum atomic E-state index is -3.71. The molecule has 0 fully saturated rings. The maximum atomic E-state index is 12.5. The lowest BCUT2D eigenvalue weighted by atomic mass is 10.1. The summed E-state index contributed by atoms with van der Waals surface area (Å²) in [6, 6.07) is 20.7. The van der Waals surface area contributed by atoms with Gasteiger partial charge in [0.05, 0.1) is 21.7 Å². The van der Waals surface area contributed by atoms with E-state index in [1.165, 1.54) is 36.4 Å². The Balaban J connectivity index is 1.59. The van der Waals surface area contributed by atoms with Crippen molar-refractivity contribution in [3.05, 3.63) is 90.0 Å². The highest BCUT2D eigenvalue weighted by Gasteiger charge is 2.36. The molecule has 2 amide bonds. The molecule has 0 bridgehead atoms. The summed E-state index contributed by atoms with van der Waals surface area (Å²) in [7, 11) is -3.71. The summed E-state index contributed by atoms with van der Waals surface area (Å²) < 4.78 is 27.2. The Kier molecular flexibility index (Phi) is 4.01. The molecule has 3 aromatic carbocycles. The number of carbonyl (C=O) groups is 2. The Morgan fingerprint density at radius 1 is 0.667 bits per heavy atom. The fourth-order valence-corrected chi connectivity index (χ4v) is 4.00. The largest absolute Gasteiger partial charge is 0.280 e. The maximum absolute atomic E-state index is 12.5. The number of hydrogen-bond acceptors (Lipinski definition) is 4. The molecule has 0 spiro atoms. The third kappa shape index (κ3) is 2.98. The second-order valence-electron chi connectivity index (χ2n) is 5.96. The van der Waals surface area contributed by atoms with Crippen LogP contribution in [-0.2, 0) is 10.0 Å². The summed E-state index contributed by atoms with van der Waals surface area (Å²) in [5.74, 6) is -0.790. The van der Waals surface area contributed by atoms with Gasteiger partial charge in [0.1, 0.15) is 0 Å². The second-order valence-corrected chi connectivity index (χ2v) is 7.64. The molecule has 6 nitrogen and oxygen atoms in total. The Bertz CT molecular complexity index is 1110. The van der Waals surface area contributed by atoms with Gasteiger partial charge in [-0.05, 0) is 48.5 Å². The molecule has 1 aliphatic rings. The van der Waals surface area contributed by atoms with Crippen molar-refractivity contribution >= 4 is 33.2 Å². The van der Waals surface area contributed by atoms with Crippen LogP contribution in [0.25, 0.3) is 0 Å². The number of benzene rings is 3. The fraction of sp³-hybridized carbons (Fsp3) is 0. The Labute approximate surface area is 156 Å². The lowest BCUT2D eigenvalue weighted by Gasteiger charge is -2.15. The summed E-state index contributed by atoms with van der Waals surface area (Å²) in [5.41, 5.74) is 1.43. The van der Waals surface area contributed by atoms with Crippen LogP contribution < -0.4 is 9.62 Å². The smallest absolute Gasteiger partial charge is 0.266 e. The molecule has 3 aromatic rings. The van der Waals surface area contributed by atoms with Crippen LogP contribution in [0.2, 0.25) is 0 Å². The van der Waals surface area contributed by atoms with Gasteiger partial charge in [-0.15, -0.1) is 0 Å². The summed E-state index contributed by atoms with van der Waals surface area (Å²) in [5, 5.41) is 0. The van der Waals surface area contributed by atoms with Crippen LogP contribution in [0.3, 0.4) is 0 Å². The van der Waals surface area contributed by atoms with Gasteiger partial charge in [0, 0.05) is 5.69 Å². The molecular formula is C20H14N2O4S. The molecule has 7 heteroatoms. The Morgan fingerprint density at radius 2 is 1.19 bits per heavy atom. The number of rotatable bonds is 4. The maximum Gasteiger partial charge on any atom is 0.266 e. The molecule has 0 unspecified atom stereocenters. The van der Waals surface area contributed by atoms with Crippen LogP contribution in [0.1, 0.15) is 20.7 Å². The number of amides is 2. The van der Waals surface area contributed by atoms with Crippen LogP contribution in [0.5, 0.6) is 0 Å². The number of anilines is 2. The van der Waals surface area contributed by atoms with Gasteiger partial charge in [0.2, 0.25) is 0 Å². The van der Waals surface area contributed by atoms with E-state index in [4.69, 9.17) is 0 Å². The normalized spacial score (nSPS) is 13.6. The highest BCUT2D eigenvalue weighted by molar-refractivity contribution is 7.92. The topological polar surface area (TPSA) is 83.6 Å². The SMILES string of the molecule is O=C1c2ccccc2C(=O)N1c1ccc(NS(=O)(=O)c2ccccc2)cc1. The molecule has 1 aliphatic heterocycles. The summed E-state index contributed by atoms with van der Waals surface area (Å²) >= 11 is 0. The summed E-state index contributed by atoms with van der Waals surface area (Å²) in [6.07, 6.45) is 0. The number of nitrogens with one attached hydrogen (secondary N) is 1. The number of fused-ring (bicyclic) bond motifs is 1. The monoisotopic (exact) mass is 378 g/mol. The van der Waals surface area contributed by atoms with Crippen molar-refractivity contribution in [2.24, 2.45) is 0 Å². The summed E-state index contributed by atoms with van der Waals surface area (Å²) in [6.45, 7) is 0. The van der Waals surface area contributed by atoms with E-state index in [-0.39, 0.29) is 4.90 Å². The van der Waals surface area contributed by atoms with Gasteiger partial charge in [-0.2, -0.15) is 0 Å². The molecule has 0 aromatic heterocycles. The molecule has 134 valence electrons. The predicted octanol–water partition coefficient (Wildman–Crippen LogP) is 3.29. The van der Waals surface area contributed by atoms with Crippen LogP contribution in [0.15, 0.2) is 83.8 Å². The minimum Gasteiger partial charge on any atom is -0.280 e. The number of hydrogen-bond donors (Lipinski definition) is 1. The summed E-state index contributed by atoms with van der Waals surface area (Å²) in [4.78, 5) is 26.2. The van der Waals surface area contributed by atoms with Gasteiger partial charge in [0.15, 0.2) is 0 Å². The molecular weight excluding hydrogens is 364 g/mol. The molecule has 0 saturated carbocycles. The Hall–Kier alpha value is -3.45. The van der Waals surface area contributed by atoms with Crippen molar-refractivity contribution in [1.29, 1.82) is 0 Å². The van der Waals surface area contributed by atoms with E-state index in [2.05, 4.69) is 4.72 Å². The van der Waals surface area contributed by atoms with Crippen molar-refractivity contribution in [2.45, 2.75) is 4.90 Å². The van der Waals surface area contributed by atoms with Crippen LogP contribution in [0.4, 0.5) is 11.4 Å². The zero-order chi connectivity index (χ0) is 19.0. The van der Waals surface area contributed by atoms with Gasteiger partial charge in [-0.1, -0.05) is 30.3 Å². The molecule has 0 aliphatic carbocycles. The van der Waals surface area contributed by atoms with Crippen molar-refractivity contribution < 1.29 is 18.0 Å². The molecule has 1 N–H and O–H groups in total. The first kappa shape index (κ1) is 17.0. The lowest BCUT2D eigenvalue weighted by Crippen LogP contribution is -2.29. The van der Waals surface area contributed by atoms with E-state index in [9.17, 15) is 18.0 Å². The third-order valence-electron chi connectivity index (χ3n) is 4.23. The molecule has 1 heterocycles. The molecule has 0 atom stereocenters. The molecule has 0 saturated heterocycles. The van der Waals surface area contributed by atoms with Crippen molar-refractivity contribution in [3.8, 4) is 0 Å². The highest BCUT2D eigenvalue weighted by atomic mass is 32.2. The zero-order valence-corrected chi connectivity index (χ0v) is 14.8. The third-order valence-corrected chi connectivity index (χ3v) is 5.62. The van der Waals surface area contributed by atoms with E-state index < -0.39 is 21.8 Å². The number of nitrogens with zero attached hydrogens (tertiary/aromatic N) is 1. The van der Waals surface area contributed by atoms with Gasteiger partial charge in [-0.25, -0.2) is 13.3 Å². The van der Waals surface area contributed by atoms with Crippen molar-refractivity contribution in [1.82, 2.24) is 0 Å². The minimum absolute atomic E-state index is 0.148. The van der Waals surface area contributed by atoms with Crippen LogP contribution in [0, 0.1) is 0 Å². The number of imide groups is 1. The fourth-order valence-electron chi connectivity index (χ4n) is 2.92. The van der Waals surface area contributed by atoms with E-state index in [0.717, 1.165) is 4.90 Å². The second kappa shape index (κ2) is 6.37.